The lowest BCUT2D eigenvalue weighted by Crippen LogP contribution is -2.29. The first kappa shape index (κ1) is 21.7. The Kier molecular flexibility index (Phi) is 5.91. The molecule has 7 heteroatoms. The molecule has 166 valence electrons. The van der Waals surface area contributed by atoms with Gasteiger partial charge in [0, 0.05) is 16.8 Å². The molecule has 3 heterocycles. The van der Waals surface area contributed by atoms with Gasteiger partial charge in [0.2, 0.25) is 0 Å². The summed E-state index contributed by atoms with van der Waals surface area (Å²) < 4.78 is 20.3. The van der Waals surface area contributed by atoms with Crippen LogP contribution < -0.4 is 10.2 Å². The number of rotatable bonds is 5. The number of anilines is 1. The average molecular weight is 476 g/mol. The maximum absolute atomic E-state index is 14.0. The first-order valence-electron chi connectivity index (χ1n) is 10.6. The van der Waals surface area contributed by atoms with Crippen LogP contribution in [-0.4, -0.2) is 10.1 Å². The molecule has 4 aromatic rings. The SMILES string of the molecule is Cc1ccc(Sc2ccc([C@H]3[C@@H](c4ccccn4)NC(=S)N3c3ccc(F)c(C)c3)o2)cc1. The Morgan fingerprint density at radius 3 is 2.58 bits per heavy atom. The third-order valence-electron chi connectivity index (χ3n) is 5.65. The van der Waals surface area contributed by atoms with Crippen LogP contribution in [0.15, 0.2) is 93.4 Å². The van der Waals surface area contributed by atoms with Gasteiger partial charge in [0.05, 0.1) is 11.7 Å². The Morgan fingerprint density at radius 2 is 1.85 bits per heavy atom. The molecule has 0 bridgehead atoms. The molecule has 0 spiro atoms. The van der Waals surface area contributed by atoms with Crippen molar-refractivity contribution in [2.45, 2.75) is 35.9 Å². The minimum atomic E-state index is -0.273. The molecule has 2 atom stereocenters. The molecular formula is C26H22FN3OS2. The highest BCUT2D eigenvalue weighted by Crippen LogP contribution is 2.43. The van der Waals surface area contributed by atoms with Gasteiger partial charge >= 0.3 is 0 Å². The molecule has 1 N–H and O–H groups in total. The Bertz CT molecular complexity index is 1290. The quantitative estimate of drug-likeness (QED) is 0.322. The van der Waals surface area contributed by atoms with Gasteiger partial charge in [-0.25, -0.2) is 4.39 Å². The van der Waals surface area contributed by atoms with Crippen LogP contribution in [0, 0.1) is 19.7 Å². The van der Waals surface area contributed by atoms with E-state index in [-0.39, 0.29) is 17.9 Å². The van der Waals surface area contributed by atoms with E-state index in [1.807, 2.05) is 41.3 Å². The van der Waals surface area contributed by atoms with E-state index in [2.05, 4.69) is 41.5 Å². The van der Waals surface area contributed by atoms with E-state index in [1.165, 1.54) is 11.6 Å². The smallest absolute Gasteiger partial charge is 0.174 e. The van der Waals surface area contributed by atoms with E-state index in [0.717, 1.165) is 27.1 Å². The fraction of sp³-hybridized carbons (Fsp3) is 0.154. The molecule has 0 saturated carbocycles. The number of benzene rings is 2. The van der Waals surface area contributed by atoms with E-state index in [0.29, 0.717) is 10.7 Å². The lowest BCUT2D eigenvalue weighted by Gasteiger charge is -2.26. The van der Waals surface area contributed by atoms with Crippen LogP contribution in [0.25, 0.3) is 0 Å². The van der Waals surface area contributed by atoms with Gasteiger partial charge in [0.25, 0.3) is 0 Å². The standard InChI is InChI=1S/C26H22FN3OS2/c1-16-6-9-19(10-7-16)33-23-13-12-22(31-23)25-24(21-5-3-4-14-28-21)29-26(32)30(25)18-8-11-20(27)17(2)15-18/h3-15,24-25H,1-2H3,(H,29,32)/t24-,25+/m1/s1. The van der Waals surface area contributed by atoms with Crippen molar-refractivity contribution in [1.29, 1.82) is 0 Å². The van der Waals surface area contributed by atoms with E-state index < -0.39 is 0 Å². The number of hydrogen-bond donors (Lipinski definition) is 1. The molecule has 0 amide bonds. The molecule has 1 aliphatic rings. The summed E-state index contributed by atoms with van der Waals surface area (Å²) in [5, 5.41) is 4.74. The highest BCUT2D eigenvalue weighted by molar-refractivity contribution is 7.99. The van der Waals surface area contributed by atoms with Crippen molar-refractivity contribution in [2.24, 2.45) is 0 Å². The Hall–Kier alpha value is -3.16. The number of aryl methyl sites for hydroxylation is 2. The number of thiocarbonyl (C=S) groups is 1. The Balaban J connectivity index is 1.53. The highest BCUT2D eigenvalue weighted by atomic mass is 32.2. The van der Waals surface area contributed by atoms with Gasteiger partial charge in [-0.1, -0.05) is 35.5 Å². The first-order chi connectivity index (χ1) is 16.0. The van der Waals surface area contributed by atoms with Crippen LogP contribution >= 0.6 is 24.0 Å². The first-order valence-corrected chi connectivity index (χ1v) is 11.8. The van der Waals surface area contributed by atoms with Gasteiger partial charge in [0.1, 0.15) is 17.6 Å². The zero-order chi connectivity index (χ0) is 22.9. The number of aromatic nitrogens is 1. The molecule has 5 rings (SSSR count). The van der Waals surface area contributed by atoms with Gasteiger partial charge in [-0.15, -0.1) is 0 Å². The molecule has 0 unspecified atom stereocenters. The van der Waals surface area contributed by atoms with E-state index in [1.54, 1.807) is 30.9 Å². The molecule has 1 saturated heterocycles. The van der Waals surface area contributed by atoms with Gasteiger partial charge < -0.3 is 14.6 Å². The lowest BCUT2D eigenvalue weighted by molar-refractivity contribution is 0.383. The van der Waals surface area contributed by atoms with E-state index >= 15 is 0 Å². The minimum Gasteiger partial charge on any atom is -0.452 e. The number of hydrogen-bond acceptors (Lipinski definition) is 4. The minimum absolute atomic E-state index is 0.215. The van der Waals surface area contributed by atoms with Gasteiger partial charge in [-0.2, -0.15) is 0 Å². The second-order valence-electron chi connectivity index (χ2n) is 8.00. The monoisotopic (exact) mass is 475 g/mol. The predicted molar refractivity (Wildman–Crippen MR) is 133 cm³/mol. The van der Waals surface area contributed by atoms with Crippen LogP contribution in [0.1, 0.15) is 34.7 Å². The van der Waals surface area contributed by atoms with Crippen LogP contribution in [0.5, 0.6) is 0 Å². The van der Waals surface area contributed by atoms with Crippen LogP contribution in [0.3, 0.4) is 0 Å². The maximum Gasteiger partial charge on any atom is 0.174 e. The summed E-state index contributed by atoms with van der Waals surface area (Å²) >= 11 is 7.29. The topological polar surface area (TPSA) is 41.3 Å². The molecular weight excluding hydrogens is 453 g/mol. The van der Waals surface area contributed by atoms with E-state index in [4.69, 9.17) is 16.6 Å². The molecule has 33 heavy (non-hydrogen) atoms. The van der Waals surface area contributed by atoms with Gasteiger partial charge in [-0.05, 0) is 86.2 Å². The molecule has 0 radical (unpaired) electrons. The summed E-state index contributed by atoms with van der Waals surface area (Å²) in [7, 11) is 0. The molecule has 1 aliphatic heterocycles. The van der Waals surface area contributed by atoms with Crippen molar-refractivity contribution in [1.82, 2.24) is 10.3 Å². The van der Waals surface area contributed by atoms with Crippen LogP contribution in [0.2, 0.25) is 0 Å². The third-order valence-corrected chi connectivity index (χ3v) is 6.89. The molecule has 0 aliphatic carbocycles. The second-order valence-corrected chi connectivity index (χ2v) is 9.47. The summed E-state index contributed by atoms with van der Waals surface area (Å²) in [4.78, 5) is 7.65. The Labute approximate surface area is 201 Å². The number of pyridine rings is 1. The Morgan fingerprint density at radius 1 is 1.03 bits per heavy atom. The van der Waals surface area contributed by atoms with Crippen molar-refractivity contribution in [2.75, 3.05) is 4.90 Å². The molecule has 1 fully saturated rings. The van der Waals surface area contributed by atoms with Crippen molar-refractivity contribution < 1.29 is 8.81 Å². The van der Waals surface area contributed by atoms with Gasteiger partial charge in [0.15, 0.2) is 10.2 Å². The van der Waals surface area contributed by atoms with Crippen molar-refractivity contribution in [3.05, 3.63) is 107 Å². The highest BCUT2D eigenvalue weighted by Gasteiger charge is 2.42. The van der Waals surface area contributed by atoms with Crippen molar-refractivity contribution in [3.8, 4) is 0 Å². The normalized spacial score (nSPS) is 17.9. The van der Waals surface area contributed by atoms with Crippen molar-refractivity contribution in [3.63, 3.8) is 0 Å². The second kappa shape index (κ2) is 9.00. The zero-order valence-electron chi connectivity index (χ0n) is 18.2. The number of furan rings is 1. The largest absolute Gasteiger partial charge is 0.452 e. The van der Waals surface area contributed by atoms with E-state index in [9.17, 15) is 4.39 Å². The zero-order valence-corrected chi connectivity index (χ0v) is 19.8. The van der Waals surface area contributed by atoms with Crippen LogP contribution in [0.4, 0.5) is 10.1 Å². The number of nitrogens with one attached hydrogen (secondary N) is 1. The third kappa shape index (κ3) is 4.38. The summed E-state index contributed by atoms with van der Waals surface area (Å²) in [5.41, 5.74) is 3.44. The number of halogens is 1. The predicted octanol–water partition coefficient (Wildman–Crippen LogP) is 6.76. The lowest BCUT2D eigenvalue weighted by atomic mass is 10.0. The van der Waals surface area contributed by atoms with Gasteiger partial charge in [-0.3, -0.25) is 4.98 Å². The summed E-state index contributed by atoms with van der Waals surface area (Å²) in [6.45, 7) is 3.82. The summed E-state index contributed by atoms with van der Waals surface area (Å²) in [5.74, 6) is 0.513. The summed E-state index contributed by atoms with van der Waals surface area (Å²) in [6, 6.07) is 22.6. The average Bonchev–Trinajstić information content (AvgIpc) is 3.42. The molecule has 2 aromatic carbocycles. The fourth-order valence-electron chi connectivity index (χ4n) is 3.97. The number of nitrogens with zero attached hydrogens (tertiary/aromatic N) is 2. The van der Waals surface area contributed by atoms with Crippen LogP contribution in [-0.2, 0) is 0 Å². The summed E-state index contributed by atoms with van der Waals surface area (Å²) in [6.07, 6.45) is 1.77. The molecule has 2 aromatic heterocycles. The maximum atomic E-state index is 14.0. The fourth-order valence-corrected chi connectivity index (χ4v) is 5.10. The van der Waals surface area contributed by atoms with Crippen molar-refractivity contribution >= 4 is 34.8 Å². The molecule has 4 nitrogen and oxygen atoms in total.